The number of amides is 2. The standard InChI is InChI=1S/C30H42FN3O8/c1-16-12-20-25(33-11-10-31)22(35)15-21(27(20)37)34-29(38)17(2)8-7-9-23(40-5)28(42-30(32)39)19(4)14-18(3)26(36)24(13-16)41-6/h7-9,14-16,18,23-24,26,28,33,36H,10-13H2,1-6H3,(H2,32,39)(H,34,38)/b9-7-,17-8+,19-14+/t16-,18+,23?,24+,26-,28+/m1/s1. The smallest absolute Gasteiger partial charge is 0.405 e. The molecule has 0 radical (unpaired) electrons. The number of ether oxygens (including phenoxy) is 3. The fraction of sp³-hybridized carbons (Fsp3) is 0.533. The summed E-state index contributed by atoms with van der Waals surface area (Å²) in [6.45, 7) is 5.92. The summed E-state index contributed by atoms with van der Waals surface area (Å²) in [6, 6.07) is 0. The third-order valence-corrected chi connectivity index (χ3v) is 7.19. The summed E-state index contributed by atoms with van der Waals surface area (Å²) in [7, 11) is 2.87. The van der Waals surface area contributed by atoms with Gasteiger partial charge in [0, 0.05) is 43.9 Å². The first kappa shape index (κ1) is 34.6. The summed E-state index contributed by atoms with van der Waals surface area (Å²) in [5.41, 5.74) is 5.99. The third-order valence-electron chi connectivity index (χ3n) is 7.19. The van der Waals surface area contributed by atoms with Gasteiger partial charge in [-0.2, -0.15) is 0 Å². The monoisotopic (exact) mass is 591 g/mol. The molecular weight excluding hydrogens is 549 g/mol. The normalized spacial score (nSPS) is 31.7. The number of Topliss-reactive ketones (excluding diaryl/α,β-unsaturated/α-hetero) is 1. The summed E-state index contributed by atoms with van der Waals surface area (Å²) in [5.74, 6) is -2.49. The van der Waals surface area contributed by atoms with Crippen molar-refractivity contribution in [3.05, 3.63) is 58.5 Å². The lowest BCUT2D eigenvalue weighted by molar-refractivity contribution is -0.120. The van der Waals surface area contributed by atoms with E-state index in [1.165, 1.54) is 33.3 Å². The van der Waals surface area contributed by atoms with Gasteiger partial charge in [-0.25, -0.2) is 9.18 Å². The van der Waals surface area contributed by atoms with Crippen LogP contribution in [-0.2, 0) is 28.6 Å². The number of nitrogens with two attached hydrogens (primary N) is 1. The van der Waals surface area contributed by atoms with Crippen molar-refractivity contribution in [1.29, 1.82) is 0 Å². The maximum absolute atomic E-state index is 13.5. The summed E-state index contributed by atoms with van der Waals surface area (Å²) >= 11 is 0. The zero-order valence-corrected chi connectivity index (χ0v) is 24.9. The number of fused-ring (bicyclic) bond motifs is 2. The predicted octanol–water partition coefficient (Wildman–Crippen LogP) is 2.32. The number of alkyl halides is 1. The Morgan fingerprint density at radius 3 is 2.48 bits per heavy atom. The van der Waals surface area contributed by atoms with Crippen molar-refractivity contribution in [3.63, 3.8) is 0 Å². The molecule has 0 saturated carbocycles. The number of nitrogens with one attached hydrogen (secondary N) is 2. The Balaban J connectivity index is 2.61. The van der Waals surface area contributed by atoms with Gasteiger partial charge in [0.25, 0.3) is 5.91 Å². The van der Waals surface area contributed by atoms with Crippen molar-refractivity contribution in [1.82, 2.24) is 10.6 Å². The molecule has 2 aliphatic rings. The first-order valence-corrected chi connectivity index (χ1v) is 13.7. The van der Waals surface area contributed by atoms with Gasteiger partial charge in [0.15, 0.2) is 6.10 Å². The van der Waals surface area contributed by atoms with E-state index in [0.717, 1.165) is 6.08 Å². The summed E-state index contributed by atoms with van der Waals surface area (Å²) in [4.78, 5) is 51.1. The molecule has 0 aromatic heterocycles. The molecule has 1 aliphatic heterocycles. The van der Waals surface area contributed by atoms with Crippen molar-refractivity contribution in [3.8, 4) is 0 Å². The van der Waals surface area contributed by atoms with E-state index in [1.54, 1.807) is 26.0 Å². The molecule has 12 heteroatoms. The minimum Gasteiger partial charge on any atom is -0.439 e. The highest BCUT2D eigenvalue weighted by Gasteiger charge is 2.33. The second-order valence-electron chi connectivity index (χ2n) is 10.5. The molecule has 2 amide bonds. The van der Waals surface area contributed by atoms with Crippen LogP contribution in [0.15, 0.2) is 58.5 Å². The minimum absolute atomic E-state index is 0.0175. The Hall–Kier alpha value is -3.61. The zero-order valence-electron chi connectivity index (χ0n) is 24.9. The van der Waals surface area contributed by atoms with Gasteiger partial charge in [-0.05, 0) is 38.2 Å². The lowest BCUT2D eigenvalue weighted by Gasteiger charge is -2.30. The van der Waals surface area contributed by atoms with E-state index in [0.29, 0.717) is 12.0 Å². The van der Waals surface area contributed by atoms with Crippen LogP contribution < -0.4 is 16.4 Å². The number of ketones is 2. The van der Waals surface area contributed by atoms with Crippen LogP contribution in [0.25, 0.3) is 0 Å². The lowest BCUT2D eigenvalue weighted by Crippen LogP contribution is -2.38. The topological polar surface area (TPSA) is 166 Å². The van der Waals surface area contributed by atoms with E-state index < -0.39 is 60.6 Å². The van der Waals surface area contributed by atoms with Crippen molar-refractivity contribution >= 4 is 23.6 Å². The number of allylic oxidation sites excluding steroid dienone is 4. The van der Waals surface area contributed by atoms with E-state index in [2.05, 4.69) is 10.6 Å². The second-order valence-corrected chi connectivity index (χ2v) is 10.5. The highest BCUT2D eigenvalue weighted by Crippen LogP contribution is 2.28. The van der Waals surface area contributed by atoms with E-state index in [9.17, 15) is 28.7 Å². The van der Waals surface area contributed by atoms with Crippen LogP contribution in [0.5, 0.6) is 0 Å². The maximum Gasteiger partial charge on any atom is 0.405 e. The first-order valence-electron chi connectivity index (χ1n) is 13.7. The van der Waals surface area contributed by atoms with Crippen molar-refractivity contribution in [2.45, 2.75) is 65.0 Å². The molecule has 6 atom stereocenters. The number of primary amides is 1. The number of carbonyl (C=O) groups excluding carboxylic acids is 4. The molecule has 0 fully saturated rings. The number of carbonyl (C=O) groups is 4. The van der Waals surface area contributed by atoms with Gasteiger partial charge in [0.2, 0.25) is 11.6 Å². The highest BCUT2D eigenvalue weighted by atomic mass is 19.1. The molecule has 0 spiro atoms. The Morgan fingerprint density at radius 1 is 1.19 bits per heavy atom. The van der Waals surface area contributed by atoms with Crippen LogP contribution in [0.3, 0.4) is 0 Å². The number of halogens is 1. The maximum atomic E-state index is 13.5. The summed E-state index contributed by atoms with van der Waals surface area (Å²) in [5, 5.41) is 16.4. The van der Waals surface area contributed by atoms with Crippen LogP contribution in [0.1, 0.15) is 40.5 Å². The summed E-state index contributed by atoms with van der Waals surface area (Å²) < 4.78 is 29.4. The predicted molar refractivity (Wildman–Crippen MR) is 154 cm³/mol. The largest absolute Gasteiger partial charge is 0.439 e. The molecule has 2 rings (SSSR count). The number of rotatable bonds is 6. The molecule has 2 bridgehead atoms. The van der Waals surface area contributed by atoms with Gasteiger partial charge >= 0.3 is 6.09 Å². The second kappa shape index (κ2) is 16.1. The van der Waals surface area contributed by atoms with Crippen LogP contribution in [-0.4, -0.2) is 80.5 Å². The van der Waals surface area contributed by atoms with Crippen molar-refractivity contribution in [2.75, 3.05) is 27.4 Å². The molecule has 0 saturated heterocycles. The van der Waals surface area contributed by atoms with Gasteiger partial charge < -0.3 is 35.7 Å². The number of hydrogen-bond acceptors (Lipinski definition) is 9. The van der Waals surface area contributed by atoms with Gasteiger partial charge in [-0.1, -0.05) is 38.2 Å². The Morgan fingerprint density at radius 2 is 1.88 bits per heavy atom. The molecule has 5 N–H and O–H groups in total. The molecule has 232 valence electrons. The number of aliphatic hydroxyl groups excluding tert-OH is 1. The Labute approximate surface area is 245 Å². The number of aliphatic hydroxyl groups is 1. The molecule has 11 nitrogen and oxygen atoms in total. The molecule has 1 aliphatic carbocycles. The number of hydrogen-bond donors (Lipinski definition) is 4. The van der Waals surface area contributed by atoms with E-state index in [4.69, 9.17) is 19.9 Å². The Bertz CT molecular complexity index is 1190. The summed E-state index contributed by atoms with van der Waals surface area (Å²) in [6.07, 6.45) is 3.29. The van der Waals surface area contributed by atoms with E-state index in [-0.39, 0.29) is 41.4 Å². The molecule has 1 heterocycles. The average molecular weight is 592 g/mol. The molecule has 1 unspecified atom stereocenters. The lowest BCUT2D eigenvalue weighted by atomic mass is 9.85. The Kier molecular flexibility index (Phi) is 13.3. The van der Waals surface area contributed by atoms with Gasteiger partial charge in [-0.3, -0.25) is 14.4 Å². The van der Waals surface area contributed by atoms with Crippen molar-refractivity contribution < 1.29 is 42.9 Å². The molecule has 0 aromatic rings. The third kappa shape index (κ3) is 9.20. The molecule has 42 heavy (non-hydrogen) atoms. The SMILES string of the molecule is COC1/C=C\C=C(/C)C(=O)NC2=CC(=O)C(NCCF)=C(C[C@@H](C)C[C@H](OC)[C@H](O)[C@@H](C)/C=C(\C)[C@@H]1OC(N)=O)C2=O. The molecule has 0 aromatic carbocycles. The van der Waals surface area contributed by atoms with E-state index >= 15 is 0 Å². The van der Waals surface area contributed by atoms with Gasteiger partial charge in [0.1, 0.15) is 12.8 Å². The molecular formula is C30H42FN3O8. The zero-order chi connectivity index (χ0) is 31.6. The number of methoxy groups -OCH3 is 2. The van der Waals surface area contributed by atoms with Crippen LogP contribution in [0.2, 0.25) is 0 Å². The quantitative estimate of drug-likeness (QED) is 0.268. The highest BCUT2D eigenvalue weighted by molar-refractivity contribution is 6.23. The average Bonchev–Trinajstić information content (AvgIpc) is 2.94. The minimum atomic E-state index is -1.02. The van der Waals surface area contributed by atoms with Crippen LogP contribution in [0, 0.1) is 11.8 Å². The first-order chi connectivity index (χ1) is 19.8. The van der Waals surface area contributed by atoms with Gasteiger partial charge in [0.05, 0.1) is 23.6 Å². The van der Waals surface area contributed by atoms with Crippen molar-refractivity contribution in [2.24, 2.45) is 17.6 Å². The fourth-order valence-corrected chi connectivity index (χ4v) is 4.95. The fourth-order valence-electron chi connectivity index (χ4n) is 4.95. The van der Waals surface area contributed by atoms with E-state index in [1.807, 2.05) is 6.92 Å². The van der Waals surface area contributed by atoms with Crippen LogP contribution >= 0.6 is 0 Å². The van der Waals surface area contributed by atoms with Gasteiger partial charge in [-0.15, -0.1) is 0 Å². The van der Waals surface area contributed by atoms with Crippen LogP contribution in [0.4, 0.5) is 9.18 Å².